The molecule has 3 atom stereocenters. The molecule has 1 heteroatoms. The predicted octanol–water partition coefficient (Wildman–Crippen LogP) is 2.81. The van der Waals surface area contributed by atoms with E-state index in [0.717, 1.165) is 5.57 Å². The Labute approximate surface area is 80.2 Å². The maximum absolute atomic E-state index is 11.3. The van der Waals surface area contributed by atoms with Crippen molar-refractivity contribution in [2.75, 3.05) is 0 Å². The van der Waals surface area contributed by atoms with Gasteiger partial charge < -0.3 is 0 Å². The van der Waals surface area contributed by atoms with E-state index in [1.165, 1.54) is 6.42 Å². The number of ketones is 1. The fraction of sp³-hybridized carbons (Fsp3) is 0.750. The summed E-state index contributed by atoms with van der Waals surface area (Å²) >= 11 is 0. The molecule has 0 N–H and O–H groups in total. The van der Waals surface area contributed by atoms with Crippen LogP contribution in [0.2, 0.25) is 0 Å². The summed E-state index contributed by atoms with van der Waals surface area (Å²) in [6.07, 6.45) is 3.44. The molecule has 0 aromatic carbocycles. The van der Waals surface area contributed by atoms with E-state index in [-0.39, 0.29) is 5.78 Å². The topological polar surface area (TPSA) is 17.1 Å². The summed E-state index contributed by atoms with van der Waals surface area (Å²) in [6, 6.07) is 0. The van der Waals surface area contributed by atoms with Crippen LogP contribution in [0.4, 0.5) is 0 Å². The molecular weight excluding hydrogens is 160 g/mol. The van der Waals surface area contributed by atoms with Crippen molar-refractivity contribution >= 4 is 5.78 Å². The van der Waals surface area contributed by atoms with E-state index in [4.69, 9.17) is 0 Å². The summed E-state index contributed by atoms with van der Waals surface area (Å²) in [5.41, 5.74) is 1.51. The van der Waals surface area contributed by atoms with Crippen molar-refractivity contribution in [1.29, 1.82) is 0 Å². The molecule has 0 aromatic heterocycles. The summed E-state index contributed by atoms with van der Waals surface area (Å²) in [7, 11) is 0. The minimum absolute atomic E-state index is 0.287. The Morgan fingerprint density at radius 1 is 1.54 bits per heavy atom. The average Bonchev–Trinajstić information content (AvgIpc) is 2.52. The van der Waals surface area contributed by atoms with E-state index in [1.54, 1.807) is 6.92 Å². The van der Waals surface area contributed by atoms with Crippen LogP contribution in [0, 0.1) is 23.2 Å². The van der Waals surface area contributed by atoms with Crippen molar-refractivity contribution < 1.29 is 4.79 Å². The first-order valence-corrected chi connectivity index (χ1v) is 5.17. The van der Waals surface area contributed by atoms with Crippen LogP contribution in [0.25, 0.3) is 0 Å². The number of carbonyl (C=O) groups excluding carboxylic acids is 1. The largest absolute Gasteiger partial charge is 0.295 e. The second-order valence-corrected chi connectivity index (χ2v) is 5.24. The smallest absolute Gasteiger partial charge is 0.155 e. The van der Waals surface area contributed by atoms with Gasteiger partial charge in [-0.2, -0.15) is 0 Å². The zero-order valence-corrected chi connectivity index (χ0v) is 8.92. The van der Waals surface area contributed by atoms with Gasteiger partial charge in [0.1, 0.15) is 0 Å². The van der Waals surface area contributed by atoms with Crippen LogP contribution in [0.1, 0.15) is 34.1 Å². The number of hydrogen-bond donors (Lipinski definition) is 0. The maximum atomic E-state index is 11.3. The Bertz CT molecular complexity index is 285. The van der Waals surface area contributed by atoms with Gasteiger partial charge >= 0.3 is 0 Å². The minimum atomic E-state index is 0.287. The lowest BCUT2D eigenvalue weighted by molar-refractivity contribution is -0.114. The van der Waals surface area contributed by atoms with Crippen LogP contribution in [0.3, 0.4) is 0 Å². The molecule has 13 heavy (non-hydrogen) atoms. The van der Waals surface area contributed by atoms with Crippen molar-refractivity contribution in [3.05, 3.63) is 11.6 Å². The van der Waals surface area contributed by atoms with E-state index >= 15 is 0 Å². The highest BCUT2D eigenvalue weighted by atomic mass is 16.1. The first-order valence-electron chi connectivity index (χ1n) is 5.17. The molecule has 3 unspecified atom stereocenters. The molecule has 72 valence electrons. The van der Waals surface area contributed by atoms with E-state index in [9.17, 15) is 4.79 Å². The molecule has 2 bridgehead atoms. The van der Waals surface area contributed by atoms with E-state index in [2.05, 4.69) is 26.8 Å². The zero-order valence-electron chi connectivity index (χ0n) is 8.92. The second-order valence-electron chi connectivity index (χ2n) is 5.24. The van der Waals surface area contributed by atoms with Gasteiger partial charge in [0.25, 0.3) is 0 Å². The Hall–Kier alpha value is -0.590. The van der Waals surface area contributed by atoms with Gasteiger partial charge in [0.05, 0.1) is 0 Å². The third kappa shape index (κ3) is 1.02. The number of carbonyl (C=O) groups is 1. The highest BCUT2D eigenvalue weighted by molar-refractivity contribution is 5.94. The summed E-state index contributed by atoms with van der Waals surface area (Å²) in [5.74, 6) is 2.15. The average molecular weight is 178 g/mol. The predicted molar refractivity (Wildman–Crippen MR) is 53.3 cm³/mol. The van der Waals surface area contributed by atoms with Gasteiger partial charge in [0, 0.05) is 0 Å². The molecule has 0 amide bonds. The molecule has 0 aromatic rings. The lowest BCUT2D eigenvalue weighted by Gasteiger charge is -2.34. The number of rotatable bonds is 1. The van der Waals surface area contributed by atoms with E-state index in [1.807, 2.05) is 0 Å². The number of fused-ring (bicyclic) bond motifs is 2. The van der Waals surface area contributed by atoms with E-state index in [0.29, 0.717) is 23.2 Å². The third-order valence-electron chi connectivity index (χ3n) is 4.43. The van der Waals surface area contributed by atoms with Crippen LogP contribution in [-0.2, 0) is 4.79 Å². The van der Waals surface area contributed by atoms with E-state index < -0.39 is 0 Å². The molecule has 2 aliphatic rings. The molecule has 0 aliphatic heterocycles. The molecule has 0 saturated heterocycles. The SMILES string of the molecule is CC(=O)C1=CC2CC1C(C)C2(C)C. The van der Waals surface area contributed by atoms with Gasteiger partial charge in [0.2, 0.25) is 0 Å². The summed E-state index contributed by atoms with van der Waals surface area (Å²) in [4.78, 5) is 11.3. The Balaban J connectivity index is 2.36. The molecule has 2 aliphatic carbocycles. The van der Waals surface area contributed by atoms with Crippen molar-refractivity contribution in [3.63, 3.8) is 0 Å². The molecule has 0 radical (unpaired) electrons. The van der Waals surface area contributed by atoms with Gasteiger partial charge in [-0.25, -0.2) is 0 Å². The minimum Gasteiger partial charge on any atom is -0.295 e. The molecule has 2 rings (SSSR count). The van der Waals surface area contributed by atoms with Gasteiger partial charge in [-0.1, -0.05) is 26.8 Å². The quantitative estimate of drug-likeness (QED) is 0.603. The summed E-state index contributed by atoms with van der Waals surface area (Å²) in [5, 5.41) is 0. The molecule has 1 saturated carbocycles. The highest BCUT2D eigenvalue weighted by Gasteiger charge is 2.51. The van der Waals surface area contributed by atoms with Crippen LogP contribution >= 0.6 is 0 Å². The Morgan fingerprint density at radius 3 is 2.54 bits per heavy atom. The maximum Gasteiger partial charge on any atom is 0.155 e. The molecule has 1 nitrogen and oxygen atoms in total. The highest BCUT2D eigenvalue weighted by Crippen LogP contribution is 2.58. The van der Waals surface area contributed by atoms with Gasteiger partial charge in [-0.05, 0) is 42.1 Å². The normalized spacial score (nSPS) is 40.6. The first-order chi connectivity index (χ1) is 5.94. The van der Waals surface area contributed by atoms with Gasteiger partial charge in [0.15, 0.2) is 5.78 Å². The third-order valence-corrected chi connectivity index (χ3v) is 4.43. The lowest BCUT2D eigenvalue weighted by Crippen LogP contribution is -2.29. The fourth-order valence-electron chi connectivity index (χ4n) is 3.04. The standard InChI is InChI=1S/C12H18O/c1-7-10-5-9(12(7,3)4)6-11(10)8(2)13/h6-7,9-10H,5H2,1-4H3. The number of Topliss-reactive ketones (excluding diaryl/α,β-unsaturated/α-hetero) is 1. The summed E-state index contributed by atoms with van der Waals surface area (Å²) in [6.45, 7) is 8.65. The van der Waals surface area contributed by atoms with Crippen molar-refractivity contribution in [2.24, 2.45) is 23.2 Å². The molecular formula is C12H18O. The summed E-state index contributed by atoms with van der Waals surface area (Å²) < 4.78 is 0. The monoisotopic (exact) mass is 178 g/mol. The van der Waals surface area contributed by atoms with Crippen LogP contribution in [0.5, 0.6) is 0 Å². The van der Waals surface area contributed by atoms with Crippen molar-refractivity contribution in [1.82, 2.24) is 0 Å². The molecule has 1 fully saturated rings. The number of hydrogen-bond acceptors (Lipinski definition) is 1. The zero-order chi connectivity index (χ0) is 9.80. The fourth-order valence-corrected chi connectivity index (χ4v) is 3.04. The van der Waals surface area contributed by atoms with Crippen LogP contribution in [-0.4, -0.2) is 5.78 Å². The van der Waals surface area contributed by atoms with Crippen LogP contribution < -0.4 is 0 Å². The second kappa shape index (κ2) is 2.46. The van der Waals surface area contributed by atoms with Crippen LogP contribution in [0.15, 0.2) is 11.6 Å². The Morgan fingerprint density at radius 2 is 2.15 bits per heavy atom. The molecule has 0 spiro atoms. The Kier molecular flexibility index (Phi) is 1.70. The number of allylic oxidation sites excluding steroid dienone is 2. The lowest BCUT2D eigenvalue weighted by atomic mass is 9.70. The molecule has 0 heterocycles. The van der Waals surface area contributed by atoms with Gasteiger partial charge in [-0.3, -0.25) is 4.79 Å². The van der Waals surface area contributed by atoms with Crippen molar-refractivity contribution in [2.45, 2.75) is 34.1 Å². The van der Waals surface area contributed by atoms with Gasteiger partial charge in [-0.15, -0.1) is 0 Å². The van der Waals surface area contributed by atoms with Crippen molar-refractivity contribution in [3.8, 4) is 0 Å². The first kappa shape index (κ1) is 8.98.